The second-order valence-electron chi connectivity index (χ2n) is 3.53. The Bertz CT molecular complexity index is 511. The molecule has 0 aliphatic carbocycles. The highest BCUT2D eigenvalue weighted by Crippen LogP contribution is 2.26. The highest BCUT2D eigenvalue weighted by atomic mass is 35.5. The standard InChI is InChI=1S/C13H11ClFN/c14-11-3-1-2-10(7-11)12-6-9(8-16)4-5-13(12)15/h1-7H,8,16H2. The monoisotopic (exact) mass is 235 g/mol. The van der Waals surface area contributed by atoms with Crippen molar-refractivity contribution in [1.29, 1.82) is 0 Å². The van der Waals surface area contributed by atoms with E-state index in [1.165, 1.54) is 6.07 Å². The summed E-state index contributed by atoms with van der Waals surface area (Å²) in [6.45, 7) is 0.397. The third kappa shape index (κ3) is 2.23. The first-order chi connectivity index (χ1) is 7.70. The summed E-state index contributed by atoms with van der Waals surface area (Å²) in [7, 11) is 0. The van der Waals surface area contributed by atoms with Gasteiger partial charge >= 0.3 is 0 Å². The van der Waals surface area contributed by atoms with E-state index in [1.54, 1.807) is 30.3 Å². The predicted molar refractivity (Wildman–Crippen MR) is 64.7 cm³/mol. The highest BCUT2D eigenvalue weighted by Gasteiger charge is 2.06. The van der Waals surface area contributed by atoms with Crippen LogP contribution in [0.15, 0.2) is 42.5 Å². The molecule has 2 aromatic carbocycles. The highest BCUT2D eigenvalue weighted by molar-refractivity contribution is 6.30. The lowest BCUT2D eigenvalue weighted by Gasteiger charge is -2.06. The van der Waals surface area contributed by atoms with Gasteiger partial charge in [0.05, 0.1) is 0 Å². The van der Waals surface area contributed by atoms with Crippen LogP contribution in [0, 0.1) is 5.82 Å². The Labute approximate surface area is 98.7 Å². The molecular formula is C13H11ClFN. The maximum atomic E-state index is 13.6. The van der Waals surface area contributed by atoms with Crippen molar-refractivity contribution in [2.45, 2.75) is 6.54 Å². The Hall–Kier alpha value is -1.38. The zero-order valence-electron chi connectivity index (χ0n) is 8.58. The van der Waals surface area contributed by atoms with E-state index in [1.807, 2.05) is 6.07 Å². The molecule has 0 fully saturated rings. The fraction of sp³-hybridized carbons (Fsp3) is 0.0769. The second-order valence-corrected chi connectivity index (χ2v) is 3.97. The van der Waals surface area contributed by atoms with Crippen LogP contribution in [-0.4, -0.2) is 0 Å². The van der Waals surface area contributed by atoms with Crippen LogP contribution in [0.25, 0.3) is 11.1 Å². The third-order valence-electron chi connectivity index (χ3n) is 2.40. The zero-order chi connectivity index (χ0) is 11.5. The van der Waals surface area contributed by atoms with Gasteiger partial charge in [-0.3, -0.25) is 0 Å². The summed E-state index contributed by atoms with van der Waals surface area (Å²) >= 11 is 5.87. The van der Waals surface area contributed by atoms with Crippen molar-refractivity contribution in [3.8, 4) is 11.1 Å². The SMILES string of the molecule is NCc1ccc(F)c(-c2cccc(Cl)c2)c1. The van der Waals surface area contributed by atoms with Gasteiger partial charge in [-0.05, 0) is 35.4 Å². The number of rotatable bonds is 2. The molecular weight excluding hydrogens is 225 g/mol. The Morgan fingerprint density at radius 2 is 1.94 bits per heavy atom. The summed E-state index contributed by atoms with van der Waals surface area (Å²) in [5.74, 6) is -0.264. The van der Waals surface area contributed by atoms with Crippen LogP contribution < -0.4 is 5.73 Å². The molecule has 0 radical (unpaired) electrons. The molecule has 0 amide bonds. The predicted octanol–water partition coefficient (Wildman–Crippen LogP) is 3.60. The Morgan fingerprint density at radius 3 is 2.62 bits per heavy atom. The van der Waals surface area contributed by atoms with Crippen LogP contribution in [0.5, 0.6) is 0 Å². The lowest BCUT2D eigenvalue weighted by Crippen LogP contribution is -1.97. The minimum absolute atomic E-state index is 0.264. The fourth-order valence-electron chi connectivity index (χ4n) is 1.58. The van der Waals surface area contributed by atoms with Gasteiger partial charge in [0, 0.05) is 17.1 Å². The molecule has 0 atom stereocenters. The summed E-state index contributed by atoms with van der Waals surface area (Å²) in [5, 5.41) is 0.593. The molecule has 0 bridgehead atoms. The Balaban J connectivity index is 2.54. The van der Waals surface area contributed by atoms with Crippen LogP contribution >= 0.6 is 11.6 Å². The van der Waals surface area contributed by atoms with Crippen molar-refractivity contribution in [2.75, 3.05) is 0 Å². The first kappa shape index (κ1) is 11.1. The Kier molecular flexibility index (Phi) is 3.22. The molecule has 82 valence electrons. The molecule has 2 aromatic rings. The molecule has 2 rings (SSSR count). The van der Waals surface area contributed by atoms with Gasteiger partial charge in [-0.15, -0.1) is 0 Å². The number of benzene rings is 2. The molecule has 0 aliphatic rings. The smallest absolute Gasteiger partial charge is 0.131 e. The van der Waals surface area contributed by atoms with Gasteiger partial charge in [-0.2, -0.15) is 0 Å². The van der Waals surface area contributed by atoms with Crippen LogP contribution in [0.3, 0.4) is 0 Å². The molecule has 0 saturated heterocycles. The largest absolute Gasteiger partial charge is 0.326 e. The van der Waals surface area contributed by atoms with E-state index < -0.39 is 0 Å². The lowest BCUT2D eigenvalue weighted by atomic mass is 10.0. The zero-order valence-corrected chi connectivity index (χ0v) is 9.34. The van der Waals surface area contributed by atoms with Gasteiger partial charge < -0.3 is 5.73 Å². The van der Waals surface area contributed by atoms with Crippen LogP contribution in [0.1, 0.15) is 5.56 Å². The van der Waals surface area contributed by atoms with Crippen LogP contribution in [0.2, 0.25) is 5.02 Å². The average molecular weight is 236 g/mol. The molecule has 0 spiro atoms. The molecule has 16 heavy (non-hydrogen) atoms. The van der Waals surface area contributed by atoms with E-state index in [0.717, 1.165) is 11.1 Å². The van der Waals surface area contributed by atoms with E-state index in [0.29, 0.717) is 17.1 Å². The number of nitrogens with two attached hydrogens (primary N) is 1. The maximum Gasteiger partial charge on any atom is 0.131 e. The number of hydrogen-bond donors (Lipinski definition) is 1. The first-order valence-electron chi connectivity index (χ1n) is 4.95. The minimum Gasteiger partial charge on any atom is -0.326 e. The summed E-state index contributed by atoms with van der Waals surface area (Å²) in [6, 6.07) is 12.0. The fourth-order valence-corrected chi connectivity index (χ4v) is 1.77. The summed E-state index contributed by atoms with van der Waals surface area (Å²) in [6.07, 6.45) is 0. The third-order valence-corrected chi connectivity index (χ3v) is 2.64. The molecule has 0 aromatic heterocycles. The lowest BCUT2D eigenvalue weighted by molar-refractivity contribution is 0.630. The molecule has 0 heterocycles. The van der Waals surface area contributed by atoms with Crippen molar-refractivity contribution in [3.05, 3.63) is 58.9 Å². The van der Waals surface area contributed by atoms with Crippen molar-refractivity contribution < 1.29 is 4.39 Å². The van der Waals surface area contributed by atoms with Crippen LogP contribution in [-0.2, 0) is 6.54 Å². The van der Waals surface area contributed by atoms with Gasteiger partial charge in [0.15, 0.2) is 0 Å². The average Bonchev–Trinajstić information content (AvgIpc) is 2.30. The van der Waals surface area contributed by atoms with E-state index in [-0.39, 0.29) is 5.82 Å². The summed E-state index contributed by atoms with van der Waals surface area (Å²) in [5.41, 5.74) is 7.72. The van der Waals surface area contributed by atoms with Crippen molar-refractivity contribution in [3.63, 3.8) is 0 Å². The van der Waals surface area contributed by atoms with Crippen molar-refractivity contribution in [2.24, 2.45) is 5.73 Å². The second kappa shape index (κ2) is 4.64. The summed E-state index contributed by atoms with van der Waals surface area (Å²) in [4.78, 5) is 0. The first-order valence-corrected chi connectivity index (χ1v) is 5.33. The normalized spacial score (nSPS) is 10.4. The number of hydrogen-bond acceptors (Lipinski definition) is 1. The van der Waals surface area contributed by atoms with E-state index in [9.17, 15) is 4.39 Å². The van der Waals surface area contributed by atoms with E-state index in [4.69, 9.17) is 17.3 Å². The quantitative estimate of drug-likeness (QED) is 0.846. The van der Waals surface area contributed by atoms with E-state index in [2.05, 4.69) is 0 Å². The van der Waals surface area contributed by atoms with Gasteiger partial charge in [-0.25, -0.2) is 4.39 Å². The van der Waals surface area contributed by atoms with E-state index >= 15 is 0 Å². The van der Waals surface area contributed by atoms with Crippen molar-refractivity contribution >= 4 is 11.6 Å². The topological polar surface area (TPSA) is 26.0 Å². The van der Waals surface area contributed by atoms with Gasteiger partial charge in [0.1, 0.15) is 5.82 Å². The maximum absolute atomic E-state index is 13.6. The molecule has 2 N–H and O–H groups in total. The Morgan fingerprint density at radius 1 is 1.12 bits per heavy atom. The molecule has 0 aliphatic heterocycles. The number of halogens is 2. The summed E-state index contributed by atoms with van der Waals surface area (Å²) < 4.78 is 13.6. The van der Waals surface area contributed by atoms with Gasteiger partial charge in [0.2, 0.25) is 0 Å². The van der Waals surface area contributed by atoms with Crippen LogP contribution in [0.4, 0.5) is 4.39 Å². The molecule has 3 heteroatoms. The van der Waals surface area contributed by atoms with Gasteiger partial charge in [-0.1, -0.05) is 29.8 Å². The molecule has 1 nitrogen and oxygen atoms in total. The minimum atomic E-state index is -0.264. The molecule has 0 saturated carbocycles. The molecule has 0 unspecified atom stereocenters. The van der Waals surface area contributed by atoms with Gasteiger partial charge in [0.25, 0.3) is 0 Å². The van der Waals surface area contributed by atoms with Crippen molar-refractivity contribution in [1.82, 2.24) is 0 Å².